The molecule has 0 aromatic carbocycles. The van der Waals surface area contributed by atoms with Crippen LogP contribution < -0.4 is 4.90 Å². The Hall–Kier alpha value is -1.10. The Kier molecular flexibility index (Phi) is 4.08. The van der Waals surface area contributed by atoms with Gasteiger partial charge < -0.3 is 10.0 Å². The lowest BCUT2D eigenvalue weighted by molar-refractivity contribution is 0.0696. The predicted octanol–water partition coefficient (Wildman–Crippen LogP) is 2.39. The summed E-state index contributed by atoms with van der Waals surface area (Å²) >= 11 is 3.23. The zero-order valence-electron chi connectivity index (χ0n) is 8.70. The largest absolute Gasteiger partial charge is 0.478 e. The van der Waals surface area contributed by atoms with Crippen LogP contribution in [0.25, 0.3) is 0 Å². The average molecular weight is 273 g/mol. The first-order valence-corrected chi connectivity index (χ1v) is 5.53. The topological polar surface area (TPSA) is 53.4 Å². The van der Waals surface area contributed by atoms with E-state index < -0.39 is 5.97 Å². The Morgan fingerprint density at radius 1 is 1.53 bits per heavy atom. The van der Waals surface area contributed by atoms with Gasteiger partial charge in [0.05, 0.1) is 0 Å². The highest BCUT2D eigenvalue weighted by molar-refractivity contribution is 9.10. The summed E-state index contributed by atoms with van der Waals surface area (Å²) in [5.74, 6) is -0.446. The standard InChI is InChI=1S/C10H13BrN2O2/c1-3-13(4-2)9-8(10(14)15)7(11)5-6-12-9/h5-6H,3-4H2,1-2H3,(H,14,15). The molecule has 4 nitrogen and oxygen atoms in total. The number of carbonyl (C=O) groups is 1. The summed E-state index contributed by atoms with van der Waals surface area (Å²) in [5.41, 5.74) is 0.223. The number of halogens is 1. The highest BCUT2D eigenvalue weighted by Crippen LogP contribution is 2.25. The summed E-state index contributed by atoms with van der Waals surface area (Å²) in [6.07, 6.45) is 1.60. The van der Waals surface area contributed by atoms with Crippen molar-refractivity contribution in [3.05, 3.63) is 22.3 Å². The van der Waals surface area contributed by atoms with Crippen LogP contribution in [-0.4, -0.2) is 29.1 Å². The van der Waals surface area contributed by atoms with Crippen molar-refractivity contribution in [1.82, 2.24) is 4.98 Å². The van der Waals surface area contributed by atoms with Gasteiger partial charge in [0.2, 0.25) is 0 Å². The molecular formula is C10H13BrN2O2. The van der Waals surface area contributed by atoms with Crippen LogP contribution in [-0.2, 0) is 0 Å². The Morgan fingerprint density at radius 3 is 2.60 bits per heavy atom. The lowest BCUT2D eigenvalue weighted by Gasteiger charge is -2.21. The van der Waals surface area contributed by atoms with E-state index in [1.165, 1.54) is 0 Å². The van der Waals surface area contributed by atoms with Gasteiger partial charge in [0.1, 0.15) is 11.4 Å². The van der Waals surface area contributed by atoms with Gasteiger partial charge in [-0.3, -0.25) is 0 Å². The lowest BCUT2D eigenvalue weighted by Crippen LogP contribution is -2.25. The maximum Gasteiger partial charge on any atom is 0.340 e. The first-order chi connectivity index (χ1) is 7.11. The van der Waals surface area contributed by atoms with E-state index in [0.29, 0.717) is 10.3 Å². The van der Waals surface area contributed by atoms with Crippen LogP contribution in [0.4, 0.5) is 5.82 Å². The summed E-state index contributed by atoms with van der Waals surface area (Å²) in [6.45, 7) is 5.41. The molecule has 1 aromatic heterocycles. The van der Waals surface area contributed by atoms with Crippen molar-refractivity contribution >= 4 is 27.7 Å². The lowest BCUT2D eigenvalue weighted by atomic mass is 10.2. The third-order valence-corrected chi connectivity index (χ3v) is 2.82. The second-order valence-corrected chi connectivity index (χ2v) is 3.82. The van der Waals surface area contributed by atoms with Gasteiger partial charge in [-0.25, -0.2) is 9.78 Å². The molecule has 0 atom stereocenters. The first kappa shape index (κ1) is 12.0. The molecule has 0 aliphatic carbocycles. The molecule has 0 bridgehead atoms. The smallest absolute Gasteiger partial charge is 0.340 e. The van der Waals surface area contributed by atoms with Crippen LogP contribution in [0.1, 0.15) is 24.2 Å². The van der Waals surface area contributed by atoms with Crippen molar-refractivity contribution in [2.45, 2.75) is 13.8 Å². The van der Waals surface area contributed by atoms with Gasteiger partial charge in [-0.15, -0.1) is 0 Å². The Labute approximate surface area is 97.1 Å². The van der Waals surface area contributed by atoms with E-state index in [9.17, 15) is 4.79 Å². The number of carboxylic acids is 1. The van der Waals surface area contributed by atoms with Gasteiger partial charge in [0.15, 0.2) is 0 Å². The van der Waals surface area contributed by atoms with Crippen LogP contribution in [0.2, 0.25) is 0 Å². The fourth-order valence-corrected chi connectivity index (χ4v) is 1.85. The number of anilines is 1. The second kappa shape index (κ2) is 5.11. The quantitative estimate of drug-likeness (QED) is 0.915. The predicted molar refractivity (Wildman–Crippen MR) is 62.5 cm³/mol. The minimum absolute atomic E-state index is 0.223. The number of hydrogen-bond acceptors (Lipinski definition) is 3. The molecule has 0 saturated heterocycles. The fraction of sp³-hybridized carbons (Fsp3) is 0.400. The molecule has 0 spiro atoms. The van der Waals surface area contributed by atoms with Crippen LogP contribution in [0.15, 0.2) is 16.7 Å². The highest BCUT2D eigenvalue weighted by atomic mass is 79.9. The average Bonchev–Trinajstić information content (AvgIpc) is 2.19. The number of aromatic carboxylic acids is 1. The molecule has 15 heavy (non-hydrogen) atoms. The van der Waals surface area contributed by atoms with E-state index in [-0.39, 0.29) is 5.56 Å². The van der Waals surface area contributed by atoms with Crippen molar-refractivity contribution in [3.8, 4) is 0 Å². The number of hydrogen-bond donors (Lipinski definition) is 1. The van der Waals surface area contributed by atoms with Crippen molar-refractivity contribution in [2.24, 2.45) is 0 Å². The second-order valence-electron chi connectivity index (χ2n) is 2.97. The number of carboxylic acid groups (broad SMARTS) is 1. The molecule has 1 rings (SSSR count). The molecule has 0 saturated carbocycles. The van der Waals surface area contributed by atoms with Crippen molar-refractivity contribution in [1.29, 1.82) is 0 Å². The molecule has 0 radical (unpaired) electrons. The minimum Gasteiger partial charge on any atom is -0.478 e. The number of rotatable bonds is 4. The van der Waals surface area contributed by atoms with Crippen LogP contribution in [0.3, 0.4) is 0 Å². The third kappa shape index (κ3) is 2.47. The minimum atomic E-state index is -0.961. The Balaban J connectivity index is 3.27. The summed E-state index contributed by atoms with van der Waals surface area (Å²) < 4.78 is 0.562. The third-order valence-electron chi connectivity index (χ3n) is 2.16. The number of pyridine rings is 1. The van der Waals surface area contributed by atoms with Gasteiger partial charge in [-0.05, 0) is 35.8 Å². The van der Waals surface area contributed by atoms with Gasteiger partial charge in [-0.2, -0.15) is 0 Å². The summed E-state index contributed by atoms with van der Waals surface area (Å²) in [6, 6.07) is 1.64. The van der Waals surface area contributed by atoms with E-state index in [4.69, 9.17) is 5.11 Å². The van der Waals surface area contributed by atoms with Gasteiger partial charge >= 0.3 is 5.97 Å². The van der Waals surface area contributed by atoms with Crippen molar-refractivity contribution < 1.29 is 9.90 Å². The van der Waals surface area contributed by atoms with E-state index in [1.807, 2.05) is 18.7 Å². The van der Waals surface area contributed by atoms with Crippen LogP contribution >= 0.6 is 15.9 Å². The first-order valence-electron chi connectivity index (χ1n) is 4.74. The summed E-state index contributed by atoms with van der Waals surface area (Å²) in [4.78, 5) is 17.1. The van der Waals surface area contributed by atoms with Gasteiger partial charge in [0, 0.05) is 23.8 Å². The maximum atomic E-state index is 11.1. The molecule has 1 heterocycles. The molecule has 5 heteroatoms. The highest BCUT2D eigenvalue weighted by Gasteiger charge is 2.18. The van der Waals surface area contributed by atoms with Crippen LogP contribution in [0.5, 0.6) is 0 Å². The molecule has 0 unspecified atom stereocenters. The van der Waals surface area contributed by atoms with Crippen molar-refractivity contribution in [3.63, 3.8) is 0 Å². The summed E-state index contributed by atoms with van der Waals surface area (Å²) in [5, 5.41) is 9.09. The molecular weight excluding hydrogens is 260 g/mol. The van der Waals surface area contributed by atoms with Gasteiger partial charge in [-0.1, -0.05) is 0 Å². The molecule has 0 aliphatic heterocycles. The van der Waals surface area contributed by atoms with E-state index in [2.05, 4.69) is 20.9 Å². The molecule has 82 valence electrons. The molecule has 0 fully saturated rings. The zero-order chi connectivity index (χ0) is 11.4. The molecule has 0 amide bonds. The van der Waals surface area contributed by atoms with Gasteiger partial charge in [0.25, 0.3) is 0 Å². The van der Waals surface area contributed by atoms with Crippen molar-refractivity contribution in [2.75, 3.05) is 18.0 Å². The Bertz CT molecular complexity index is 364. The van der Waals surface area contributed by atoms with E-state index in [1.54, 1.807) is 12.3 Å². The molecule has 1 aromatic rings. The van der Waals surface area contributed by atoms with Crippen LogP contribution in [0, 0.1) is 0 Å². The normalized spacial score (nSPS) is 10.1. The monoisotopic (exact) mass is 272 g/mol. The SMILES string of the molecule is CCN(CC)c1nccc(Br)c1C(=O)O. The van der Waals surface area contributed by atoms with E-state index in [0.717, 1.165) is 13.1 Å². The van der Waals surface area contributed by atoms with E-state index >= 15 is 0 Å². The fourth-order valence-electron chi connectivity index (χ4n) is 1.39. The zero-order valence-corrected chi connectivity index (χ0v) is 10.3. The summed E-state index contributed by atoms with van der Waals surface area (Å²) in [7, 11) is 0. The Morgan fingerprint density at radius 2 is 2.13 bits per heavy atom. The maximum absolute atomic E-state index is 11.1. The molecule has 1 N–H and O–H groups in total. The number of aromatic nitrogens is 1. The molecule has 0 aliphatic rings. The number of nitrogens with zero attached hydrogens (tertiary/aromatic N) is 2.